The fraction of sp³-hybridized carbons (Fsp3) is 0.417. The Balaban J connectivity index is 0.000000181. The van der Waals surface area contributed by atoms with Crippen molar-refractivity contribution in [2.24, 2.45) is 0 Å². The van der Waals surface area contributed by atoms with Gasteiger partial charge in [-0.25, -0.2) is 0 Å². The number of carbonyl (C=O) groups is 1. The lowest BCUT2D eigenvalue weighted by Gasteiger charge is -2.04. The fourth-order valence-electron chi connectivity index (χ4n) is 1.26. The minimum atomic E-state index is -0.0463. The summed E-state index contributed by atoms with van der Waals surface area (Å²) in [5.74, 6) is 1.49. The standard InChI is InChI=1S/C8H10O2.C4H6O2/c1-9-7-5-3-4-6-8(7)10-2;5-4-2-1-3-6-4/h3-6H,1-2H3;1-3H2. The van der Waals surface area contributed by atoms with Crippen LogP contribution in [0, 0.1) is 0 Å². The van der Waals surface area contributed by atoms with Crippen molar-refractivity contribution in [2.75, 3.05) is 20.8 Å². The van der Waals surface area contributed by atoms with Crippen LogP contribution in [0.1, 0.15) is 12.8 Å². The van der Waals surface area contributed by atoms with Crippen molar-refractivity contribution in [1.82, 2.24) is 0 Å². The predicted molar refractivity (Wildman–Crippen MR) is 59.7 cm³/mol. The van der Waals surface area contributed by atoms with Crippen molar-refractivity contribution in [2.45, 2.75) is 12.8 Å². The SMILES string of the molecule is COc1ccccc1OC.O=C1CCCO1. The number of cyclic esters (lactones) is 1. The lowest BCUT2D eigenvalue weighted by molar-refractivity contribution is -0.137. The van der Waals surface area contributed by atoms with Gasteiger partial charge in [0.1, 0.15) is 0 Å². The molecular formula is C12H16O4. The molecule has 2 rings (SSSR count). The van der Waals surface area contributed by atoms with Gasteiger partial charge >= 0.3 is 5.97 Å². The predicted octanol–water partition coefficient (Wildman–Crippen LogP) is 2.03. The molecule has 1 aliphatic rings. The van der Waals surface area contributed by atoms with Crippen LogP contribution >= 0.6 is 0 Å². The van der Waals surface area contributed by atoms with Gasteiger partial charge in [-0.2, -0.15) is 0 Å². The maximum Gasteiger partial charge on any atom is 0.305 e. The summed E-state index contributed by atoms with van der Waals surface area (Å²) < 4.78 is 14.5. The lowest BCUT2D eigenvalue weighted by Crippen LogP contribution is -1.88. The second-order valence-electron chi connectivity index (χ2n) is 3.18. The highest BCUT2D eigenvalue weighted by Crippen LogP contribution is 2.24. The highest BCUT2D eigenvalue weighted by Gasteiger charge is 2.08. The molecule has 4 heteroatoms. The Hall–Kier alpha value is -1.71. The van der Waals surface area contributed by atoms with E-state index in [0.717, 1.165) is 17.9 Å². The third-order valence-corrected chi connectivity index (χ3v) is 2.08. The summed E-state index contributed by atoms with van der Waals surface area (Å²) in [4.78, 5) is 10.0. The first-order valence-corrected chi connectivity index (χ1v) is 5.10. The molecule has 1 heterocycles. The Morgan fingerprint density at radius 3 is 1.94 bits per heavy atom. The van der Waals surface area contributed by atoms with Crippen LogP contribution < -0.4 is 9.47 Å². The van der Waals surface area contributed by atoms with Gasteiger partial charge in [0.25, 0.3) is 0 Å². The summed E-state index contributed by atoms with van der Waals surface area (Å²) in [7, 11) is 3.25. The molecule has 0 aliphatic carbocycles. The van der Waals surface area contributed by atoms with Gasteiger partial charge in [0, 0.05) is 6.42 Å². The number of hydrogen-bond donors (Lipinski definition) is 0. The minimum Gasteiger partial charge on any atom is -0.493 e. The largest absolute Gasteiger partial charge is 0.493 e. The molecule has 0 radical (unpaired) electrons. The summed E-state index contributed by atoms with van der Waals surface area (Å²) in [5.41, 5.74) is 0. The number of ether oxygens (including phenoxy) is 3. The second-order valence-corrected chi connectivity index (χ2v) is 3.18. The van der Waals surface area contributed by atoms with Crippen molar-refractivity contribution < 1.29 is 19.0 Å². The van der Waals surface area contributed by atoms with Gasteiger partial charge in [-0.1, -0.05) is 12.1 Å². The van der Waals surface area contributed by atoms with E-state index >= 15 is 0 Å². The zero-order valence-corrected chi connectivity index (χ0v) is 9.56. The van der Waals surface area contributed by atoms with Crippen molar-refractivity contribution in [3.05, 3.63) is 24.3 Å². The van der Waals surface area contributed by atoms with Crippen LogP contribution in [0.5, 0.6) is 11.5 Å². The van der Waals surface area contributed by atoms with Crippen LogP contribution in [0.3, 0.4) is 0 Å². The molecule has 4 nitrogen and oxygen atoms in total. The number of hydrogen-bond acceptors (Lipinski definition) is 4. The number of esters is 1. The molecule has 16 heavy (non-hydrogen) atoms. The van der Waals surface area contributed by atoms with Crippen molar-refractivity contribution >= 4 is 5.97 Å². The monoisotopic (exact) mass is 224 g/mol. The summed E-state index contributed by atoms with van der Waals surface area (Å²) in [5, 5.41) is 0. The minimum absolute atomic E-state index is 0.0463. The van der Waals surface area contributed by atoms with Crippen molar-refractivity contribution in [3.63, 3.8) is 0 Å². The Morgan fingerprint density at radius 2 is 1.69 bits per heavy atom. The smallest absolute Gasteiger partial charge is 0.305 e. The summed E-state index contributed by atoms with van der Waals surface area (Å²) in [6.45, 7) is 0.638. The topological polar surface area (TPSA) is 44.8 Å². The van der Waals surface area contributed by atoms with Crippen molar-refractivity contribution in [3.8, 4) is 11.5 Å². The Morgan fingerprint density at radius 1 is 1.12 bits per heavy atom. The fourth-order valence-corrected chi connectivity index (χ4v) is 1.26. The van der Waals surface area contributed by atoms with Gasteiger partial charge in [-0.15, -0.1) is 0 Å². The van der Waals surface area contributed by atoms with E-state index in [4.69, 9.17) is 9.47 Å². The molecule has 1 saturated heterocycles. The number of methoxy groups -OCH3 is 2. The van der Waals surface area contributed by atoms with Crippen LogP contribution in [-0.4, -0.2) is 26.8 Å². The van der Waals surface area contributed by atoms with E-state index in [2.05, 4.69) is 4.74 Å². The molecule has 1 fully saturated rings. The number of benzene rings is 1. The van der Waals surface area contributed by atoms with E-state index in [9.17, 15) is 4.79 Å². The van der Waals surface area contributed by atoms with Gasteiger partial charge < -0.3 is 14.2 Å². The van der Waals surface area contributed by atoms with Crippen molar-refractivity contribution in [1.29, 1.82) is 0 Å². The Kier molecular flexibility index (Phi) is 5.19. The molecule has 0 atom stereocenters. The molecule has 0 amide bonds. The van der Waals surface area contributed by atoms with Crippen LogP contribution in [0.4, 0.5) is 0 Å². The molecule has 0 spiro atoms. The van der Waals surface area contributed by atoms with Gasteiger partial charge in [-0.3, -0.25) is 4.79 Å². The third kappa shape index (κ3) is 3.81. The average Bonchev–Trinajstić information content (AvgIpc) is 2.81. The molecule has 1 aromatic carbocycles. The lowest BCUT2D eigenvalue weighted by atomic mass is 10.3. The molecule has 0 unspecified atom stereocenters. The first-order valence-electron chi connectivity index (χ1n) is 5.10. The maximum absolute atomic E-state index is 10.0. The van der Waals surface area contributed by atoms with Gasteiger partial charge in [0.2, 0.25) is 0 Å². The van der Waals surface area contributed by atoms with Gasteiger partial charge in [0.05, 0.1) is 20.8 Å². The Labute approximate surface area is 95.1 Å². The zero-order chi connectivity index (χ0) is 11.8. The van der Waals surface area contributed by atoms with E-state index in [1.807, 2.05) is 24.3 Å². The molecular weight excluding hydrogens is 208 g/mol. The van der Waals surface area contributed by atoms with Gasteiger partial charge in [0.15, 0.2) is 11.5 Å². The quantitative estimate of drug-likeness (QED) is 0.721. The highest BCUT2D eigenvalue weighted by molar-refractivity contribution is 5.70. The van der Waals surface area contributed by atoms with Gasteiger partial charge in [-0.05, 0) is 18.6 Å². The molecule has 88 valence electrons. The Bertz CT molecular complexity index is 305. The van der Waals surface area contributed by atoms with E-state index in [1.165, 1.54) is 0 Å². The molecule has 0 aromatic heterocycles. The van der Waals surface area contributed by atoms with Crippen LogP contribution in [-0.2, 0) is 9.53 Å². The van der Waals surface area contributed by atoms with Crippen LogP contribution in [0.2, 0.25) is 0 Å². The number of carbonyl (C=O) groups excluding carboxylic acids is 1. The van der Waals surface area contributed by atoms with E-state index < -0.39 is 0 Å². The average molecular weight is 224 g/mol. The van der Waals surface area contributed by atoms with Crippen LogP contribution in [0.15, 0.2) is 24.3 Å². The molecule has 0 N–H and O–H groups in total. The highest BCUT2D eigenvalue weighted by atomic mass is 16.5. The normalized spacial score (nSPS) is 13.5. The molecule has 1 aromatic rings. The third-order valence-electron chi connectivity index (χ3n) is 2.08. The first-order chi connectivity index (χ1) is 7.77. The number of rotatable bonds is 2. The summed E-state index contributed by atoms with van der Waals surface area (Å²) in [6.07, 6.45) is 1.54. The maximum atomic E-state index is 10.0. The summed E-state index contributed by atoms with van der Waals surface area (Å²) in [6, 6.07) is 7.53. The van der Waals surface area contributed by atoms with E-state index in [-0.39, 0.29) is 5.97 Å². The molecule has 0 saturated carbocycles. The molecule has 1 aliphatic heterocycles. The first kappa shape index (κ1) is 12.4. The van der Waals surface area contributed by atoms with E-state index in [0.29, 0.717) is 13.0 Å². The zero-order valence-electron chi connectivity index (χ0n) is 9.56. The van der Waals surface area contributed by atoms with Crippen LogP contribution in [0.25, 0.3) is 0 Å². The molecule has 0 bridgehead atoms. The summed E-state index contributed by atoms with van der Waals surface area (Å²) >= 11 is 0. The second kappa shape index (κ2) is 6.71. The van der Waals surface area contributed by atoms with E-state index in [1.54, 1.807) is 14.2 Å². The number of para-hydroxylation sites is 2.